The van der Waals surface area contributed by atoms with Crippen molar-refractivity contribution in [3.63, 3.8) is 0 Å². The zero-order chi connectivity index (χ0) is 11.6. The second-order valence-electron chi connectivity index (χ2n) is 4.61. The molecule has 0 spiro atoms. The first kappa shape index (κ1) is 11.9. The maximum absolute atomic E-state index is 9.60. The minimum absolute atomic E-state index is 0.387. The lowest BCUT2D eigenvalue weighted by Gasteiger charge is -2.31. The van der Waals surface area contributed by atoms with E-state index in [1.807, 2.05) is 39.0 Å². The maximum Gasteiger partial charge on any atom is 0.0736 e. The molecule has 3 nitrogen and oxygen atoms in total. The Morgan fingerprint density at radius 2 is 2.00 bits per heavy atom. The van der Waals surface area contributed by atoms with Crippen LogP contribution in [0.15, 0.2) is 18.2 Å². The number of hydrogen-bond acceptors (Lipinski definition) is 3. The third-order valence-corrected chi connectivity index (χ3v) is 2.71. The quantitative estimate of drug-likeness (QED) is 0.667. The Bertz CT molecular complexity index is 345. The molecule has 84 valence electrons. The first-order chi connectivity index (χ1) is 6.83. The molecule has 0 saturated heterocycles. The summed E-state index contributed by atoms with van der Waals surface area (Å²) in [4.78, 5) is 0. The summed E-state index contributed by atoms with van der Waals surface area (Å²) in [7, 11) is 0. The molecule has 15 heavy (non-hydrogen) atoms. The Morgan fingerprint density at radius 3 is 2.53 bits per heavy atom. The Kier molecular flexibility index (Phi) is 3.25. The minimum Gasteiger partial charge on any atom is -0.397 e. The topological polar surface area (TPSA) is 58.3 Å². The van der Waals surface area contributed by atoms with Crippen LogP contribution in [0.3, 0.4) is 0 Å². The molecule has 0 radical (unpaired) electrons. The van der Waals surface area contributed by atoms with Crippen LogP contribution in [0.1, 0.15) is 26.3 Å². The van der Waals surface area contributed by atoms with Crippen molar-refractivity contribution >= 4 is 11.4 Å². The predicted molar refractivity (Wildman–Crippen MR) is 65.0 cm³/mol. The number of benzene rings is 1. The van der Waals surface area contributed by atoms with Crippen LogP contribution in [0.25, 0.3) is 0 Å². The highest BCUT2D eigenvalue weighted by Gasteiger charge is 2.24. The summed E-state index contributed by atoms with van der Waals surface area (Å²) in [6.07, 6.45) is -0.447. The Balaban J connectivity index is 2.94. The third-order valence-electron chi connectivity index (χ3n) is 2.71. The van der Waals surface area contributed by atoms with E-state index in [0.29, 0.717) is 5.69 Å². The Hall–Kier alpha value is -1.22. The monoisotopic (exact) mass is 208 g/mol. The maximum atomic E-state index is 9.60. The first-order valence-corrected chi connectivity index (χ1v) is 5.15. The van der Waals surface area contributed by atoms with E-state index in [0.717, 1.165) is 11.3 Å². The molecule has 0 saturated carbocycles. The van der Waals surface area contributed by atoms with Crippen molar-refractivity contribution in [1.82, 2.24) is 0 Å². The van der Waals surface area contributed by atoms with E-state index in [1.165, 1.54) is 0 Å². The summed E-state index contributed by atoms with van der Waals surface area (Å²) >= 11 is 0. The highest BCUT2D eigenvalue weighted by atomic mass is 16.3. The standard InChI is InChI=1S/C12H20N2O/c1-8-5-6-10(13)11(7-8)14-12(3,4)9(2)15/h5-7,9,14-15H,13H2,1-4H3. The summed E-state index contributed by atoms with van der Waals surface area (Å²) in [6, 6.07) is 5.82. The van der Waals surface area contributed by atoms with Crippen molar-refractivity contribution in [2.75, 3.05) is 11.1 Å². The van der Waals surface area contributed by atoms with E-state index in [-0.39, 0.29) is 5.54 Å². The van der Waals surface area contributed by atoms with Gasteiger partial charge in [0.15, 0.2) is 0 Å². The fourth-order valence-corrected chi connectivity index (χ4v) is 1.23. The van der Waals surface area contributed by atoms with Crippen molar-refractivity contribution < 1.29 is 5.11 Å². The Labute approximate surface area is 91.3 Å². The van der Waals surface area contributed by atoms with Crippen molar-refractivity contribution in [2.45, 2.75) is 39.3 Å². The van der Waals surface area contributed by atoms with Gasteiger partial charge in [-0.25, -0.2) is 0 Å². The molecule has 0 bridgehead atoms. The highest BCUT2D eigenvalue weighted by molar-refractivity contribution is 5.67. The predicted octanol–water partition coefficient (Wildman–Crippen LogP) is 2.15. The van der Waals surface area contributed by atoms with E-state index < -0.39 is 6.10 Å². The Morgan fingerprint density at radius 1 is 1.40 bits per heavy atom. The van der Waals surface area contributed by atoms with Gasteiger partial charge in [0.2, 0.25) is 0 Å². The smallest absolute Gasteiger partial charge is 0.0736 e. The van der Waals surface area contributed by atoms with E-state index >= 15 is 0 Å². The van der Waals surface area contributed by atoms with Crippen LogP contribution in [0.2, 0.25) is 0 Å². The highest BCUT2D eigenvalue weighted by Crippen LogP contribution is 2.24. The number of rotatable bonds is 3. The van der Waals surface area contributed by atoms with Gasteiger partial charge in [-0.2, -0.15) is 0 Å². The summed E-state index contributed by atoms with van der Waals surface area (Å²) in [5.74, 6) is 0. The van der Waals surface area contributed by atoms with E-state index in [4.69, 9.17) is 5.73 Å². The van der Waals surface area contributed by atoms with Crippen LogP contribution in [0.4, 0.5) is 11.4 Å². The fourth-order valence-electron chi connectivity index (χ4n) is 1.23. The average molecular weight is 208 g/mol. The molecule has 1 unspecified atom stereocenters. The normalized spacial score (nSPS) is 13.7. The average Bonchev–Trinajstić information content (AvgIpc) is 2.10. The minimum atomic E-state index is -0.447. The second kappa shape index (κ2) is 4.11. The molecule has 1 rings (SSSR count). The number of anilines is 2. The molecule has 3 heteroatoms. The number of aryl methyl sites for hydroxylation is 1. The zero-order valence-corrected chi connectivity index (χ0v) is 9.83. The van der Waals surface area contributed by atoms with Gasteiger partial charge in [0.1, 0.15) is 0 Å². The van der Waals surface area contributed by atoms with E-state index in [9.17, 15) is 5.11 Å². The van der Waals surface area contributed by atoms with Crippen LogP contribution in [-0.2, 0) is 0 Å². The van der Waals surface area contributed by atoms with Crippen molar-refractivity contribution in [3.8, 4) is 0 Å². The van der Waals surface area contributed by atoms with E-state index in [2.05, 4.69) is 5.32 Å². The van der Waals surface area contributed by atoms with E-state index in [1.54, 1.807) is 6.92 Å². The second-order valence-corrected chi connectivity index (χ2v) is 4.61. The number of hydrogen-bond donors (Lipinski definition) is 3. The number of nitrogen functional groups attached to an aromatic ring is 1. The zero-order valence-electron chi connectivity index (χ0n) is 9.83. The lowest BCUT2D eigenvalue weighted by atomic mass is 9.98. The van der Waals surface area contributed by atoms with Gasteiger partial charge in [0.25, 0.3) is 0 Å². The molecule has 0 fully saturated rings. The van der Waals surface area contributed by atoms with Crippen molar-refractivity contribution in [3.05, 3.63) is 23.8 Å². The SMILES string of the molecule is Cc1ccc(N)c(NC(C)(C)C(C)O)c1. The molecule has 1 aromatic carbocycles. The number of nitrogens with one attached hydrogen (secondary N) is 1. The summed E-state index contributed by atoms with van der Waals surface area (Å²) in [6.45, 7) is 7.66. The van der Waals surface area contributed by atoms with Crippen LogP contribution in [0.5, 0.6) is 0 Å². The largest absolute Gasteiger partial charge is 0.397 e. The van der Waals surface area contributed by atoms with Crippen LogP contribution in [-0.4, -0.2) is 16.7 Å². The van der Waals surface area contributed by atoms with Gasteiger partial charge in [-0.3, -0.25) is 0 Å². The fraction of sp³-hybridized carbons (Fsp3) is 0.500. The molecule has 0 aliphatic rings. The first-order valence-electron chi connectivity index (χ1n) is 5.15. The molecule has 0 amide bonds. The third kappa shape index (κ3) is 2.86. The number of aliphatic hydroxyl groups excluding tert-OH is 1. The van der Waals surface area contributed by atoms with Gasteiger partial charge in [-0.05, 0) is 45.4 Å². The lowest BCUT2D eigenvalue weighted by Crippen LogP contribution is -2.42. The van der Waals surface area contributed by atoms with Gasteiger partial charge < -0.3 is 16.2 Å². The molecule has 0 aromatic heterocycles. The summed E-state index contributed by atoms with van der Waals surface area (Å²) in [5.41, 5.74) is 8.19. The number of aliphatic hydroxyl groups is 1. The molecule has 0 aliphatic heterocycles. The number of nitrogens with two attached hydrogens (primary N) is 1. The van der Waals surface area contributed by atoms with Gasteiger partial charge >= 0.3 is 0 Å². The van der Waals surface area contributed by atoms with Crippen molar-refractivity contribution in [2.24, 2.45) is 0 Å². The lowest BCUT2D eigenvalue weighted by molar-refractivity contribution is 0.133. The molecule has 1 atom stereocenters. The molecule has 0 aliphatic carbocycles. The molecule has 1 aromatic rings. The van der Waals surface area contributed by atoms with Gasteiger partial charge in [-0.15, -0.1) is 0 Å². The van der Waals surface area contributed by atoms with Gasteiger partial charge in [0, 0.05) is 0 Å². The van der Waals surface area contributed by atoms with Crippen LogP contribution in [0, 0.1) is 6.92 Å². The van der Waals surface area contributed by atoms with Crippen LogP contribution < -0.4 is 11.1 Å². The molecular weight excluding hydrogens is 188 g/mol. The summed E-state index contributed by atoms with van der Waals surface area (Å²) < 4.78 is 0. The van der Waals surface area contributed by atoms with Crippen LogP contribution >= 0.6 is 0 Å². The summed E-state index contributed by atoms with van der Waals surface area (Å²) in [5, 5.41) is 12.9. The molecule has 0 heterocycles. The molecular formula is C12H20N2O. The van der Waals surface area contributed by atoms with Gasteiger partial charge in [-0.1, -0.05) is 6.07 Å². The molecule has 4 N–H and O–H groups in total. The van der Waals surface area contributed by atoms with Gasteiger partial charge in [0.05, 0.1) is 23.0 Å². The van der Waals surface area contributed by atoms with Crippen molar-refractivity contribution in [1.29, 1.82) is 0 Å².